The van der Waals surface area contributed by atoms with E-state index in [2.05, 4.69) is 115 Å². The van der Waals surface area contributed by atoms with Gasteiger partial charge in [-0.05, 0) is 42.2 Å². The van der Waals surface area contributed by atoms with Crippen LogP contribution in [0.2, 0.25) is 22.7 Å². The van der Waals surface area contributed by atoms with Gasteiger partial charge in [-0.15, -0.1) is 0 Å². The highest BCUT2D eigenvalue weighted by Gasteiger charge is 2.57. The van der Waals surface area contributed by atoms with Crippen LogP contribution in [0.4, 0.5) is 0 Å². The standard InChI is InChI=1S/C32H43NO2Si/c1-20(2)36(21(3)4,22(5)6)19-26-28(24-15-11-10-12-16-24)32(8,31(34)30(26)35-9)27-18-33-29-23(7)14-13-17-25(27)29/h10-18,20-22,28,33H,19H2,1-9H3/t28-,32+/m1/s1. The molecule has 0 fully saturated rings. The molecular formula is C32H43NO2Si. The molecule has 0 saturated carbocycles. The Hall–Kier alpha value is -2.59. The number of H-pyrrole nitrogens is 1. The van der Waals surface area contributed by atoms with Crippen molar-refractivity contribution in [2.45, 2.75) is 89.4 Å². The molecule has 1 aliphatic carbocycles. The number of fused-ring (bicyclic) bond motifs is 1. The van der Waals surface area contributed by atoms with Crippen LogP contribution < -0.4 is 0 Å². The van der Waals surface area contributed by atoms with E-state index in [0.717, 1.165) is 22.5 Å². The molecule has 2 atom stereocenters. The van der Waals surface area contributed by atoms with Gasteiger partial charge < -0.3 is 9.72 Å². The number of rotatable bonds is 8. The molecule has 36 heavy (non-hydrogen) atoms. The number of hydrogen-bond acceptors (Lipinski definition) is 2. The Kier molecular flexibility index (Phi) is 7.13. The van der Waals surface area contributed by atoms with Gasteiger partial charge in [0.05, 0.1) is 20.6 Å². The number of benzene rings is 2. The predicted octanol–water partition coefficient (Wildman–Crippen LogP) is 8.68. The molecule has 192 valence electrons. The van der Waals surface area contributed by atoms with Gasteiger partial charge in [0.25, 0.3) is 0 Å². The molecule has 0 aliphatic heterocycles. The summed E-state index contributed by atoms with van der Waals surface area (Å²) in [6.45, 7) is 18.7. The van der Waals surface area contributed by atoms with Gasteiger partial charge in [0.1, 0.15) is 0 Å². The molecule has 2 aromatic carbocycles. The van der Waals surface area contributed by atoms with E-state index in [4.69, 9.17) is 4.74 Å². The Morgan fingerprint density at radius 1 is 0.944 bits per heavy atom. The minimum Gasteiger partial charge on any atom is -0.493 e. The monoisotopic (exact) mass is 501 g/mol. The number of aromatic nitrogens is 1. The summed E-state index contributed by atoms with van der Waals surface area (Å²) in [6, 6.07) is 18.0. The highest BCUT2D eigenvalue weighted by Crippen LogP contribution is 2.58. The minimum absolute atomic E-state index is 0.0659. The summed E-state index contributed by atoms with van der Waals surface area (Å²) in [5.41, 5.74) is 6.80. The lowest BCUT2D eigenvalue weighted by molar-refractivity contribution is -0.122. The fourth-order valence-electron chi connectivity index (χ4n) is 7.53. The maximum absolute atomic E-state index is 14.5. The molecule has 3 nitrogen and oxygen atoms in total. The Labute approximate surface area is 218 Å². The first kappa shape index (κ1) is 26.5. The van der Waals surface area contributed by atoms with Crippen LogP contribution in [0.3, 0.4) is 0 Å². The zero-order chi connectivity index (χ0) is 26.4. The Morgan fingerprint density at radius 3 is 2.11 bits per heavy atom. The number of ketones is 1. The van der Waals surface area contributed by atoms with Crippen molar-refractivity contribution < 1.29 is 9.53 Å². The van der Waals surface area contributed by atoms with E-state index in [1.165, 1.54) is 16.7 Å². The Morgan fingerprint density at radius 2 is 1.56 bits per heavy atom. The molecule has 0 unspecified atom stereocenters. The van der Waals surface area contributed by atoms with Gasteiger partial charge in [-0.2, -0.15) is 0 Å². The second-order valence-corrected chi connectivity index (χ2v) is 17.9. The van der Waals surface area contributed by atoms with Crippen molar-refractivity contribution in [3.8, 4) is 0 Å². The molecule has 0 radical (unpaired) electrons. The van der Waals surface area contributed by atoms with Gasteiger partial charge >= 0.3 is 0 Å². The van der Waals surface area contributed by atoms with Crippen LogP contribution >= 0.6 is 0 Å². The molecule has 0 spiro atoms. The third-order valence-corrected chi connectivity index (χ3v) is 16.9. The maximum Gasteiger partial charge on any atom is 0.208 e. The summed E-state index contributed by atoms with van der Waals surface area (Å²) in [6.07, 6.45) is 2.07. The average molecular weight is 502 g/mol. The summed E-state index contributed by atoms with van der Waals surface area (Å²) in [7, 11) is -0.179. The van der Waals surface area contributed by atoms with Crippen LogP contribution in [0.15, 0.2) is 66.1 Å². The summed E-state index contributed by atoms with van der Waals surface area (Å²) in [5.74, 6) is 0.631. The predicted molar refractivity (Wildman–Crippen MR) is 154 cm³/mol. The normalized spacial score (nSPS) is 21.0. The largest absolute Gasteiger partial charge is 0.493 e. The number of methoxy groups -OCH3 is 1. The van der Waals surface area contributed by atoms with Crippen molar-refractivity contribution in [3.05, 3.63) is 82.8 Å². The SMILES string of the molecule is COC1=C(C[Si](C(C)C)(C(C)C)C(C)C)[C@@H](c2ccccc2)[C@](C)(c2c[nH]c3c(C)cccc23)C1=O. The third-order valence-electron chi connectivity index (χ3n) is 9.44. The molecule has 1 aromatic heterocycles. The van der Waals surface area contributed by atoms with E-state index in [0.29, 0.717) is 22.4 Å². The van der Waals surface area contributed by atoms with Gasteiger partial charge in [0.2, 0.25) is 5.78 Å². The lowest BCUT2D eigenvalue weighted by atomic mass is 9.68. The van der Waals surface area contributed by atoms with Gasteiger partial charge in [0.15, 0.2) is 5.76 Å². The number of carbonyl (C=O) groups is 1. The zero-order valence-electron chi connectivity index (χ0n) is 23.5. The maximum atomic E-state index is 14.5. The number of aryl methyl sites for hydroxylation is 1. The van der Waals surface area contributed by atoms with Gasteiger partial charge in [-0.25, -0.2) is 0 Å². The first-order valence-corrected chi connectivity index (χ1v) is 15.9. The van der Waals surface area contributed by atoms with E-state index in [9.17, 15) is 4.79 Å². The molecule has 1 heterocycles. The number of hydrogen-bond donors (Lipinski definition) is 1. The van der Waals surface area contributed by atoms with Crippen molar-refractivity contribution in [1.82, 2.24) is 4.98 Å². The van der Waals surface area contributed by atoms with Gasteiger partial charge in [0, 0.05) is 23.0 Å². The molecule has 1 N–H and O–H groups in total. The van der Waals surface area contributed by atoms with Crippen LogP contribution in [-0.2, 0) is 14.9 Å². The molecule has 3 aromatic rings. The fraction of sp³-hybridized carbons (Fsp3) is 0.469. The molecule has 0 amide bonds. The number of Topliss-reactive ketones (excluding diaryl/α,β-unsaturated/α-hetero) is 1. The number of aromatic amines is 1. The molecule has 1 aliphatic rings. The number of para-hydroxylation sites is 1. The second-order valence-electron chi connectivity index (χ2n) is 11.9. The Bertz CT molecular complexity index is 1260. The molecular weight excluding hydrogens is 458 g/mol. The van der Waals surface area contributed by atoms with Crippen LogP contribution in [0.1, 0.15) is 71.1 Å². The number of nitrogens with one attached hydrogen (secondary N) is 1. The van der Waals surface area contributed by atoms with Crippen LogP contribution in [0.5, 0.6) is 0 Å². The van der Waals surface area contributed by atoms with Gasteiger partial charge in [-0.1, -0.05) is 107 Å². The first-order chi connectivity index (χ1) is 17.0. The Balaban J connectivity index is 2.01. The number of carbonyl (C=O) groups excluding carboxylic acids is 1. The zero-order valence-corrected chi connectivity index (χ0v) is 24.5. The second kappa shape index (κ2) is 9.70. The molecule has 0 saturated heterocycles. The van der Waals surface area contributed by atoms with Crippen LogP contribution in [-0.4, -0.2) is 26.0 Å². The van der Waals surface area contributed by atoms with Crippen molar-refractivity contribution in [3.63, 3.8) is 0 Å². The minimum atomic E-state index is -1.86. The smallest absolute Gasteiger partial charge is 0.208 e. The molecule has 4 heteroatoms. The van der Waals surface area contributed by atoms with E-state index in [1.807, 2.05) is 0 Å². The lowest BCUT2D eigenvalue weighted by Gasteiger charge is -2.45. The highest BCUT2D eigenvalue weighted by molar-refractivity contribution is 6.84. The number of allylic oxidation sites excluding steroid dienone is 2. The summed E-state index contributed by atoms with van der Waals surface area (Å²) >= 11 is 0. The summed E-state index contributed by atoms with van der Waals surface area (Å²) in [4.78, 5) is 18.0. The van der Waals surface area contributed by atoms with Crippen molar-refractivity contribution in [2.75, 3.05) is 7.11 Å². The summed E-state index contributed by atoms with van der Waals surface area (Å²) < 4.78 is 6.04. The van der Waals surface area contributed by atoms with E-state index >= 15 is 0 Å². The van der Waals surface area contributed by atoms with Gasteiger partial charge in [-0.3, -0.25) is 4.79 Å². The van der Waals surface area contributed by atoms with Crippen LogP contribution in [0, 0.1) is 6.92 Å². The average Bonchev–Trinajstić information content (AvgIpc) is 3.36. The summed E-state index contributed by atoms with van der Waals surface area (Å²) in [5, 5.41) is 1.13. The van der Waals surface area contributed by atoms with Crippen molar-refractivity contribution in [2.24, 2.45) is 0 Å². The van der Waals surface area contributed by atoms with Crippen molar-refractivity contribution in [1.29, 1.82) is 0 Å². The van der Waals surface area contributed by atoms with Crippen LogP contribution in [0.25, 0.3) is 10.9 Å². The van der Waals surface area contributed by atoms with E-state index in [1.54, 1.807) is 7.11 Å². The quantitative estimate of drug-likeness (QED) is 0.314. The fourth-order valence-corrected chi connectivity index (χ4v) is 13.8. The van der Waals surface area contributed by atoms with E-state index in [-0.39, 0.29) is 11.7 Å². The van der Waals surface area contributed by atoms with E-state index < -0.39 is 13.5 Å². The first-order valence-electron chi connectivity index (χ1n) is 13.5. The highest BCUT2D eigenvalue weighted by atomic mass is 28.3. The molecule has 4 rings (SSSR count). The lowest BCUT2D eigenvalue weighted by Crippen LogP contribution is -2.45. The molecule has 0 bridgehead atoms. The topological polar surface area (TPSA) is 42.1 Å². The van der Waals surface area contributed by atoms with Crippen molar-refractivity contribution >= 4 is 24.8 Å². The third kappa shape index (κ3) is 3.80. The number of ether oxygens (including phenoxy) is 1.